The van der Waals surface area contributed by atoms with Crippen LogP contribution in [0.3, 0.4) is 0 Å². The first-order chi connectivity index (χ1) is 7.70. The van der Waals surface area contributed by atoms with E-state index >= 15 is 0 Å². The van der Waals surface area contributed by atoms with Gasteiger partial charge in [-0.2, -0.15) is 0 Å². The first kappa shape index (κ1) is 11.0. The molecular weight excluding hydrogens is 204 g/mol. The summed E-state index contributed by atoms with van der Waals surface area (Å²) in [4.78, 5) is 18.8. The summed E-state index contributed by atoms with van der Waals surface area (Å²) < 4.78 is 0. The Balaban J connectivity index is 2.05. The lowest BCUT2D eigenvalue weighted by molar-refractivity contribution is 0.315. The van der Waals surface area contributed by atoms with Crippen LogP contribution in [-0.4, -0.2) is 43.1 Å². The lowest BCUT2D eigenvalue weighted by Crippen LogP contribution is -2.31. The van der Waals surface area contributed by atoms with Gasteiger partial charge in [-0.05, 0) is 37.8 Å². The number of rotatable bonds is 3. The van der Waals surface area contributed by atoms with Gasteiger partial charge in [0.25, 0.3) is 0 Å². The van der Waals surface area contributed by atoms with Crippen LogP contribution in [0.4, 0.5) is 11.5 Å². The highest BCUT2D eigenvalue weighted by Crippen LogP contribution is 2.22. The van der Waals surface area contributed by atoms with E-state index in [4.69, 9.17) is 0 Å². The molecule has 16 heavy (non-hydrogen) atoms. The summed E-state index contributed by atoms with van der Waals surface area (Å²) in [6.45, 7) is 2.06. The predicted molar refractivity (Wildman–Crippen MR) is 64.0 cm³/mol. The molecule has 1 aliphatic rings. The van der Waals surface area contributed by atoms with Gasteiger partial charge in [-0.1, -0.05) is 0 Å². The topological polar surface area (TPSA) is 48.8 Å². The van der Waals surface area contributed by atoms with E-state index in [0.717, 1.165) is 18.8 Å². The number of nitroso groups, excluding NO2 is 1. The molecule has 2 heterocycles. The summed E-state index contributed by atoms with van der Waals surface area (Å²) in [7, 11) is 4.21. The fourth-order valence-corrected chi connectivity index (χ4v) is 2.02. The van der Waals surface area contributed by atoms with Gasteiger partial charge in [0, 0.05) is 19.1 Å². The van der Waals surface area contributed by atoms with Gasteiger partial charge in [0.05, 0.1) is 11.9 Å². The maximum absolute atomic E-state index is 10.2. The summed E-state index contributed by atoms with van der Waals surface area (Å²) in [6.07, 6.45) is 2.88. The van der Waals surface area contributed by atoms with Crippen molar-refractivity contribution in [3.8, 4) is 0 Å². The second kappa shape index (κ2) is 4.57. The summed E-state index contributed by atoms with van der Waals surface area (Å²) in [5.74, 6) is 0.243. The largest absolute Gasteiger partial charge is 0.369 e. The SMILES string of the molecule is CN(C)[C@H]1CCN(c2ccc(N=O)nc2)C1. The molecule has 1 saturated heterocycles. The molecule has 1 aromatic heterocycles. The minimum absolute atomic E-state index is 0.243. The van der Waals surface area contributed by atoms with Gasteiger partial charge >= 0.3 is 0 Å². The maximum atomic E-state index is 10.2. The quantitative estimate of drug-likeness (QED) is 0.726. The Hall–Kier alpha value is -1.49. The normalized spacial score (nSPS) is 20.4. The van der Waals surface area contributed by atoms with E-state index in [-0.39, 0.29) is 5.82 Å². The molecule has 1 atom stereocenters. The van der Waals surface area contributed by atoms with Gasteiger partial charge in [0.1, 0.15) is 0 Å². The van der Waals surface area contributed by atoms with Crippen LogP contribution in [0.15, 0.2) is 23.5 Å². The van der Waals surface area contributed by atoms with Crippen molar-refractivity contribution in [2.45, 2.75) is 12.5 Å². The molecule has 0 amide bonds. The van der Waals surface area contributed by atoms with Crippen molar-refractivity contribution in [3.63, 3.8) is 0 Å². The van der Waals surface area contributed by atoms with E-state index in [0.29, 0.717) is 6.04 Å². The lowest BCUT2D eigenvalue weighted by Gasteiger charge is -2.21. The Morgan fingerprint density at radius 1 is 1.50 bits per heavy atom. The number of aromatic nitrogens is 1. The number of hydrogen-bond acceptors (Lipinski definition) is 5. The highest BCUT2D eigenvalue weighted by molar-refractivity contribution is 5.48. The molecule has 0 saturated carbocycles. The molecule has 0 bridgehead atoms. The zero-order valence-corrected chi connectivity index (χ0v) is 9.63. The standard InChI is InChI=1S/C11H16N4O/c1-14(2)10-5-6-15(8-10)9-3-4-11(13-16)12-7-9/h3-4,7,10H,5-6,8H2,1-2H3/t10-/m0/s1. The highest BCUT2D eigenvalue weighted by atomic mass is 16.3. The van der Waals surface area contributed by atoms with Crippen molar-refractivity contribution in [1.29, 1.82) is 0 Å². The van der Waals surface area contributed by atoms with E-state index in [2.05, 4.69) is 34.1 Å². The van der Waals surface area contributed by atoms with E-state index in [1.807, 2.05) is 6.07 Å². The molecule has 0 N–H and O–H groups in total. The third kappa shape index (κ3) is 2.19. The monoisotopic (exact) mass is 220 g/mol. The second-order valence-corrected chi connectivity index (χ2v) is 4.32. The fourth-order valence-electron chi connectivity index (χ4n) is 2.02. The van der Waals surface area contributed by atoms with Crippen molar-refractivity contribution >= 4 is 11.5 Å². The zero-order chi connectivity index (χ0) is 11.5. The highest BCUT2D eigenvalue weighted by Gasteiger charge is 2.24. The molecule has 5 heteroatoms. The van der Waals surface area contributed by atoms with Crippen LogP contribution in [0.5, 0.6) is 0 Å². The number of anilines is 1. The van der Waals surface area contributed by atoms with Gasteiger partial charge < -0.3 is 9.80 Å². The van der Waals surface area contributed by atoms with Gasteiger partial charge in [0.15, 0.2) is 5.82 Å². The Bertz CT molecular complexity index is 363. The molecule has 86 valence electrons. The molecule has 0 unspecified atom stereocenters. The Kier molecular flexibility index (Phi) is 3.14. The zero-order valence-electron chi connectivity index (χ0n) is 9.63. The third-order valence-corrected chi connectivity index (χ3v) is 3.08. The summed E-state index contributed by atoms with van der Waals surface area (Å²) >= 11 is 0. The van der Waals surface area contributed by atoms with Gasteiger partial charge in [-0.25, -0.2) is 4.98 Å². The fraction of sp³-hybridized carbons (Fsp3) is 0.545. The Labute approximate surface area is 95.0 Å². The van der Waals surface area contributed by atoms with Crippen molar-refractivity contribution in [2.24, 2.45) is 5.18 Å². The number of pyridine rings is 1. The minimum atomic E-state index is 0.243. The van der Waals surface area contributed by atoms with Gasteiger partial charge in [-0.3, -0.25) is 0 Å². The minimum Gasteiger partial charge on any atom is -0.369 e. The third-order valence-electron chi connectivity index (χ3n) is 3.08. The summed E-state index contributed by atoms with van der Waals surface area (Å²) in [6, 6.07) is 4.16. The van der Waals surface area contributed by atoms with E-state index < -0.39 is 0 Å². The molecular formula is C11H16N4O. The van der Waals surface area contributed by atoms with Crippen LogP contribution in [0.25, 0.3) is 0 Å². The lowest BCUT2D eigenvalue weighted by atomic mass is 10.2. The predicted octanol–water partition coefficient (Wildman–Crippen LogP) is 1.62. The molecule has 0 radical (unpaired) electrons. The average Bonchev–Trinajstić information content (AvgIpc) is 2.78. The molecule has 0 aromatic carbocycles. The number of nitrogens with zero attached hydrogens (tertiary/aromatic N) is 4. The van der Waals surface area contributed by atoms with Crippen LogP contribution in [0, 0.1) is 4.91 Å². The van der Waals surface area contributed by atoms with Gasteiger partial charge in [-0.15, -0.1) is 4.91 Å². The van der Waals surface area contributed by atoms with Crippen molar-refractivity contribution in [2.75, 3.05) is 32.1 Å². The maximum Gasteiger partial charge on any atom is 0.196 e. The van der Waals surface area contributed by atoms with Crippen LogP contribution in [-0.2, 0) is 0 Å². The van der Waals surface area contributed by atoms with Crippen molar-refractivity contribution in [3.05, 3.63) is 23.2 Å². The first-order valence-electron chi connectivity index (χ1n) is 5.41. The molecule has 1 aliphatic heterocycles. The summed E-state index contributed by atoms with van der Waals surface area (Å²) in [5.41, 5.74) is 1.07. The van der Waals surface area contributed by atoms with E-state index in [9.17, 15) is 4.91 Å². The molecule has 0 spiro atoms. The van der Waals surface area contributed by atoms with E-state index in [1.165, 1.54) is 6.42 Å². The smallest absolute Gasteiger partial charge is 0.196 e. The van der Waals surface area contributed by atoms with Gasteiger partial charge in [0.2, 0.25) is 0 Å². The van der Waals surface area contributed by atoms with Crippen LogP contribution < -0.4 is 4.90 Å². The Morgan fingerprint density at radius 2 is 2.31 bits per heavy atom. The number of hydrogen-bond donors (Lipinski definition) is 0. The van der Waals surface area contributed by atoms with E-state index in [1.54, 1.807) is 12.3 Å². The Morgan fingerprint density at radius 3 is 2.81 bits per heavy atom. The van der Waals surface area contributed by atoms with Crippen LogP contribution in [0.2, 0.25) is 0 Å². The van der Waals surface area contributed by atoms with Crippen molar-refractivity contribution < 1.29 is 0 Å². The molecule has 5 nitrogen and oxygen atoms in total. The molecule has 2 rings (SSSR count). The van der Waals surface area contributed by atoms with Crippen LogP contribution in [0.1, 0.15) is 6.42 Å². The molecule has 1 fully saturated rings. The first-order valence-corrected chi connectivity index (χ1v) is 5.41. The molecule has 0 aliphatic carbocycles. The van der Waals surface area contributed by atoms with Crippen molar-refractivity contribution in [1.82, 2.24) is 9.88 Å². The number of likely N-dealkylation sites (N-methyl/N-ethyl adjacent to an activating group) is 1. The second-order valence-electron chi connectivity index (χ2n) is 4.32. The van der Waals surface area contributed by atoms with Crippen LogP contribution >= 0.6 is 0 Å². The average molecular weight is 220 g/mol. The summed E-state index contributed by atoms with van der Waals surface area (Å²) in [5, 5.41) is 2.79. The molecule has 1 aromatic rings.